The van der Waals surface area contributed by atoms with Crippen molar-refractivity contribution in [3.05, 3.63) is 136 Å². The number of ketones is 1. The smallest absolute Gasteiger partial charge is 0.301 e. The molecule has 1 amide bonds. The number of aryl methyl sites for hydroxylation is 1. The third kappa shape index (κ3) is 5.64. The number of hydrogen-bond donors (Lipinski definition) is 1. The number of carbonyl (C=O) groups excluding carboxylic acids is 2. The fourth-order valence-electron chi connectivity index (χ4n) is 5.33. The highest BCUT2D eigenvalue weighted by atomic mass is 35.5. The van der Waals surface area contributed by atoms with Gasteiger partial charge in [0.2, 0.25) is 5.13 Å². The Morgan fingerprint density at radius 3 is 2.52 bits per heavy atom. The van der Waals surface area contributed by atoms with E-state index >= 15 is 0 Å². The zero-order valence-corrected chi connectivity index (χ0v) is 26.6. The summed E-state index contributed by atoms with van der Waals surface area (Å²) in [6.07, 6.45) is 1.75. The summed E-state index contributed by atoms with van der Waals surface area (Å²) >= 11 is 8.67. The van der Waals surface area contributed by atoms with Gasteiger partial charge in [0.15, 0.2) is 10.1 Å². The summed E-state index contributed by atoms with van der Waals surface area (Å²) in [7, 11) is 0. The summed E-state index contributed by atoms with van der Waals surface area (Å²) in [5.74, 6) is -0.261. The first-order chi connectivity index (χ1) is 22.4. The van der Waals surface area contributed by atoms with Crippen molar-refractivity contribution in [2.24, 2.45) is 0 Å². The Balaban J connectivity index is 1.32. The van der Waals surface area contributed by atoms with Crippen molar-refractivity contribution in [1.82, 2.24) is 19.6 Å². The van der Waals surface area contributed by atoms with Gasteiger partial charge in [-0.2, -0.15) is 0 Å². The zero-order chi connectivity index (χ0) is 31.8. The first-order valence-corrected chi connectivity index (χ1v) is 16.3. The number of carbonyl (C=O) groups is 2. The van der Waals surface area contributed by atoms with Gasteiger partial charge in [0, 0.05) is 17.0 Å². The number of thioether (sulfide) groups is 1. The number of pyridine rings is 1. The van der Waals surface area contributed by atoms with Crippen LogP contribution in [0.2, 0.25) is 5.02 Å². The lowest BCUT2D eigenvalue weighted by Crippen LogP contribution is -2.29. The SMILES string of the molecule is Cc1nc2ccccn2c1/C(O)=C1\C(=O)C(=O)N(c2nnc(SCc3ccc(Cl)cc3)s2)C1c1cccc(Oc2ccccc2)c1. The molecule has 9 nitrogen and oxygen atoms in total. The topological polar surface area (TPSA) is 110 Å². The number of aromatic nitrogens is 4. The lowest BCUT2D eigenvalue weighted by Gasteiger charge is -2.23. The van der Waals surface area contributed by atoms with E-state index in [1.165, 1.54) is 28.0 Å². The molecule has 1 atom stereocenters. The molecule has 1 aliphatic heterocycles. The Labute approximate surface area is 276 Å². The average Bonchev–Trinajstić information content (AvgIpc) is 3.74. The minimum Gasteiger partial charge on any atom is -0.505 e. The maximum Gasteiger partial charge on any atom is 0.301 e. The minimum atomic E-state index is -1.02. The highest BCUT2D eigenvalue weighted by molar-refractivity contribution is 8.00. The molecule has 0 radical (unpaired) electrons. The number of ether oxygens (including phenoxy) is 1. The first-order valence-electron chi connectivity index (χ1n) is 14.2. The minimum absolute atomic E-state index is 0.0822. The van der Waals surface area contributed by atoms with Crippen molar-refractivity contribution in [2.75, 3.05) is 4.90 Å². The second-order valence-corrected chi connectivity index (χ2v) is 13.0. The molecule has 0 aliphatic carbocycles. The molecule has 4 heterocycles. The number of fused-ring (bicyclic) bond motifs is 1. The van der Waals surface area contributed by atoms with Gasteiger partial charge in [-0.3, -0.25) is 18.9 Å². The van der Waals surface area contributed by atoms with Crippen LogP contribution in [0.1, 0.15) is 28.6 Å². The number of benzene rings is 3. The van der Waals surface area contributed by atoms with Crippen LogP contribution in [-0.4, -0.2) is 36.4 Å². The fraction of sp³-hybridized carbons (Fsp3) is 0.0882. The zero-order valence-electron chi connectivity index (χ0n) is 24.2. The van der Waals surface area contributed by atoms with Crippen LogP contribution in [0.3, 0.4) is 0 Å². The predicted molar refractivity (Wildman–Crippen MR) is 179 cm³/mol. The molecule has 228 valence electrons. The van der Waals surface area contributed by atoms with Crippen LogP contribution in [-0.2, 0) is 15.3 Å². The van der Waals surface area contributed by atoms with E-state index in [0.717, 1.165) is 5.56 Å². The van der Waals surface area contributed by atoms with E-state index < -0.39 is 17.7 Å². The summed E-state index contributed by atoms with van der Waals surface area (Å²) in [6.45, 7) is 1.75. The highest BCUT2D eigenvalue weighted by Crippen LogP contribution is 2.45. The summed E-state index contributed by atoms with van der Waals surface area (Å²) in [6, 6.07) is 28.3. The quantitative estimate of drug-likeness (QED) is 0.0575. The molecule has 12 heteroatoms. The van der Waals surface area contributed by atoms with E-state index in [2.05, 4.69) is 15.2 Å². The van der Waals surface area contributed by atoms with Gasteiger partial charge in [-0.05, 0) is 66.6 Å². The number of anilines is 1. The largest absolute Gasteiger partial charge is 0.505 e. The summed E-state index contributed by atoms with van der Waals surface area (Å²) in [5, 5.41) is 21.4. The number of amides is 1. The van der Waals surface area contributed by atoms with Crippen molar-refractivity contribution in [3.63, 3.8) is 0 Å². The van der Waals surface area contributed by atoms with Crippen LogP contribution in [0.25, 0.3) is 11.4 Å². The van der Waals surface area contributed by atoms with Crippen molar-refractivity contribution in [3.8, 4) is 11.5 Å². The summed E-state index contributed by atoms with van der Waals surface area (Å²) < 4.78 is 8.40. The van der Waals surface area contributed by atoms with E-state index in [9.17, 15) is 14.7 Å². The number of aliphatic hydroxyl groups excluding tert-OH is 1. The second-order valence-electron chi connectivity index (χ2n) is 10.4. The van der Waals surface area contributed by atoms with Gasteiger partial charge in [0.25, 0.3) is 5.78 Å². The number of halogens is 1. The highest BCUT2D eigenvalue weighted by Gasteiger charge is 2.49. The van der Waals surface area contributed by atoms with Gasteiger partial charge < -0.3 is 9.84 Å². The third-order valence-corrected chi connectivity index (χ3v) is 9.78. The Morgan fingerprint density at radius 2 is 1.72 bits per heavy atom. The molecule has 0 bridgehead atoms. The van der Waals surface area contributed by atoms with E-state index in [0.29, 0.717) is 49.2 Å². The molecule has 1 fully saturated rings. The van der Waals surface area contributed by atoms with Crippen molar-refractivity contribution < 1.29 is 19.4 Å². The number of para-hydroxylation sites is 1. The fourth-order valence-corrected chi connectivity index (χ4v) is 7.28. The van der Waals surface area contributed by atoms with Gasteiger partial charge in [-0.25, -0.2) is 4.98 Å². The molecule has 0 saturated carbocycles. The molecule has 7 rings (SSSR count). The number of imidazole rings is 1. The van der Waals surface area contributed by atoms with Gasteiger partial charge in [-0.1, -0.05) is 83.2 Å². The van der Waals surface area contributed by atoms with Gasteiger partial charge >= 0.3 is 5.91 Å². The molecular weight excluding hydrogens is 642 g/mol. The standard InChI is InChI=1S/C34H24ClN5O4S2/c1-20-28(39-17-6-5-12-26(39)36-20)30(41)27-29(22-8-7-11-25(18-22)44-24-9-3-2-4-10-24)40(32(43)31(27)42)33-37-38-34(46-33)45-19-21-13-15-23(35)16-14-21/h2-18,29,41H,19H2,1H3/b30-27+. The Bertz CT molecular complexity index is 2130. The van der Waals surface area contributed by atoms with Crippen LogP contribution >= 0.6 is 34.7 Å². The van der Waals surface area contributed by atoms with Gasteiger partial charge in [0.1, 0.15) is 22.8 Å². The van der Waals surface area contributed by atoms with Crippen LogP contribution < -0.4 is 9.64 Å². The molecule has 46 heavy (non-hydrogen) atoms. The van der Waals surface area contributed by atoms with Crippen molar-refractivity contribution >= 4 is 62.9 Å². The Morgan fingerprint density at radius 1 is 0.957 bits per heavy atom. The van der Waals surface area contributed by atoms with Crippen LogP contribution in [0.15, 0.2) is 113 Å². The van der Waals surface area contributed by atoms with Crippen molar-refractivity contribution in [2.45, 2.75) is 23.1 Å². The number of rotatable bonds is 8. The molecule has 3 aromatic heterocycles. The first kappa shape index (κ1) is 29.7. The monoisotopic (exact) mass is 665 g/mol. The molecule has 1 aliphatic rings. The van der Waals surface area contributed by atoms with E-state index in [-0.39, 0.29) is 16.5 Å². The Hall–Kier alpha value is -4.97. The molecule has 0 spiro atoms. The summed E-state index contributed by atoms with van der Waals surface area (Å²) in [4.78, 5) is 33.5. The number of nitrogens with zero attached hydrogens (tertiary/aromatic N) is 5. The lowest BCUT2D eigenvalue weighted by molar-refractivity contribution is -0.132. The molecule has 3 aromatic carbocycles. The normalized spacial score (nSPS) is 16.0. The molecule has 1 saturated heterocycles. The molecular formula is C34H24ClN5O4S2. The van der Waals surface area contributed by atoms with E-state index in [1.807, 2.05) is 60.7 Å². The predicted octanol–water partition coefficient (Wildman–Crippen LogP) is 7.86. The molecule has 1 unspecified atom stereocenters. The maximum atomic E-state index is 13.8. The van der Waals surface area contributed by atoms with Crippen LogP contribution in [0.5, 0.6) is 11.5 Å². The molecule has 1 N–H and O–H groups in total. The van der Waals surface area contributed by atoms with Crippen LogP contribution in [0.4, 0.5) is 5.13 Å². The summed E-state index contributed by atoms with van der Waals surface area (Å²) in [5.41, 5.74) is 2.94. The van der Waals surface area contributed by atoms with Gasteiger partial charge in [0.05, 0.1) is 17.3 Å². The second kappa shape index (κ2) is 12.4. The Kier molecular flexibility index (Phi) is 8.03. The number of Topliss-reactive ketones (excluding diaryl/α,β-unsaturated/α-hetero) is 1. The van der Waals surface area contributed by atoms with Gasteiger partial charge in [-0.15, -0.1) is 10.2 Å². The lowest BCUT2D eigenvalue weighted by atomic mass is 9.96. The molecule has 6 aromatic rings. The number of aliphatic hydroxyl groups is 1. The maximum absolute atomic E-state index is 13.8. The van der Waals surface area contributed by atoms with E-state index in [1.54, 1.807) is 53.9 Å². The third-order valence-electron chi connectivity index (χ3n) is 7.40. The average molecular weight is 666 g/mol. The van der Waals surface area contributed by atoms with Crippen molar-refractivity contribution in [1.29, 1.82) is 0 Å². The number of hydrogen-bond acceptors (Lipinski definition) is 9. The van der Waals surface area contributed by atoms with Crippen LogP contribution in [0, 0.1) is 6.92 Å². The van der Waals surface area contributed by atoms with E-state index in [4.69, 9.17) is 16.3 Å².